The molecule has 2 N–H and O–H groups in total. The molecule has 0 aromatic rings. The number of Topliss-reactive ketones (excluding diaryl/α,β-unsaturated/α-hetero) is 1. The molecule has 1 fully saturated rings. The molecule has 2 bridgehead atoms. The molecule has 0 spiro atoms. The van der Waals surface area contributed by atoms with Gasteiger partial charge in [0, 0.05) is 12.0 Å². The van der Waals surface area contributed by atoms with E-state index in [1.54, 1.807) is 0 Å². The zero-order valence-corrected chi connectivity index (χ0v) is 10.3. The molecule has 4 heteroatoms. The number of fused-ring (bicyclic) bond motifs is 2. The molecule has 2 rings (SSSR count). The molecular weight excluding hydrogens is 220 g/mol. The fourth-order valence-electron chi connectivity index (χ4n) is 3.12. The highest BCUT2D eigenvalue weighted by Crippen LogP contribution is 2.46. The lowest BCUT2D eigenvalue weighted by atomic mass is 9.58. The topological polar surface area (TPSA) is 74.6 Å². The van der Waals surface area contributed by atoms with Crippen LogP contribution >= 0.6 is 0 Å². The van der Waals surface area contributed by atoms with Crippen LogP contribution in [0, 0.1) is 23.2 Å². The number of aliphatic hydroxyl groups is 2. The van der Waals surface area contributed by atoms with Gasteiger partial charge in [-0.05, 0) is 11.8 Å². The Kier molecular flexibility index (Phi) is 2.65. The molecule has 2 aliphatic carbocycles. The largest absolute Gasteiger partial charge is 0.511 e. The highest BCUT2D eigenvalue weighted by atomic mass is 16.3. The van der Waals surface area contributed by atoms with E-state index in [9.17, 15) is 19.8 Å². The first-order valence-corrected chi connectivity index (χ1v) is 5.89. The highest BCUT2D eigenvalue weighted by Gasteiger charge is 2.53. The van der Waals surface area contributed by atoms with Crippen LogP contribution in [0.25, 0.3) is 0 Å². The molecule has 3 unspecified atom stereocenters. The second kappa shape index (κ2) is 3.67. The Morgan fingerprint density at radius 1 is 1.29 bits per heavy atom. The molecule has 4 atom stereocenters. The van der Waals surface area contributed by atoms with Crippen LogP contribution < -0.4 is 0 Å². The van der Waals surface area contributed by atoms with E-state index in [4.69, 9.17) is 0 Å². The third kappa shape index (κ3) is 1.80. The summed E-state index contributed by atoms with van der Waals surface area (Å²) < 4.78 is 0. The molecular formula is C13H18O4. The molecule has 1 saturated carbocycles. The number of hydrogen-bond donors (Lipinski definition) is 2. The van der Waals surface area contributed by atoms with E-state index >= 15 is 0 Å². The van der Waals surface area contributed by atoms with Gasteiger partial charge in [-0.1, -0.05) is 20.8 Å². The predicted molar refractivity (Wildman–Crippen MR) is 61.3 cm³/mol. The van der Waals surface area contributed by atoms with Crippen molar-refractivity contribution in [3.63, 3.8) is 0 Å². The molecule has 0 heterocycles. The Balaban J connectivity index is 2.47. The number of aliphatic hydroxyl groups excluding tert-OH is 2. The van der Waals surface area contributed by atoms with E-state index in [2.05, 4.69) is 0 Å². The van der Waals surface area contributed by atoms with Gasteiger partial charge in [0.15, 0.2) is 11.6 Å². The maximum absolute atomic E-state index is 12.1. The van der Waals surface area contributed by atoms with Crippen LogP contribution in [0.1, 0.15) is 27.2 Å². The molecule has 0 radical (unpaired) electrons. The van der Waals surface area contributed by atoms with Crippen molar-refractivity contribution in [3.05, 3.63) is 11.8 Å². The summed E-state index contributed by atoms with van der Waals surface area (Å²) in [7, 11) is 0. The molecule has 0 aromatic carbocycles. The van der Waals surface area contributed by atoms with Crippen LogP contribution in [-0.2, 0) is 9.59 Å². The summed E-state index contributed by atoms with van der Waals surface area (Å²) in [5.41, 5.74) is -0.318. The minimum absolute atomic E-state index is 0.192. The number of rotatable bonds is 0. The zero-order chi connectivity index (χ0) is 13.0. The monoisotopic (exact) mass is 238 g/mol. The number of hydrogen-bond acceptors (Lipinski definition) is 4. The van der Waals surface area contributed by atoms with Gasteiger partial charge in [-0.25, -0.2) is 0 Å². The van der Waals surface area contributed by atoms with Gasteiger partial charge < -0.3 is 10.2 Å². The second-order valence-electron chi connectivity index (χ2n) is 6.10. The van der Waals surface area contributed by atoms with E-state index in [1.165, 1.54) is 0 Å². The van der Waals surface area contributed by atoms with Crippen molar-refractivity contribution < 1.29 is 19.8 Å². The van der Waals surface area contributed by atoms with Crippen LogP contribution in [0.3, 0.4) is 0 Å². The van der Waals surface area contributed by atoms with E-state index in [0.29, 0.717) is 0 Å². The Morgan fingerprint density at radius 2 is 1.88 bits per heavy atom. The van der Waals surface area contributed by atoms with E-state index in [1.807, 2.05) is 20.8 Å². The van der Waals surface area contributed by atoms with Gasteiger partial charge >= 0.3 is 0 Å². The zero-order valence-electron chi connectivity index (χ0n) is 10.3. The van der Waals surface area contributed by atoms with Crippen molar-refractivity contribution >= 4 is 11.6 Å². The molecule has 94 valence electrons. The van der Waals surface area contributed by atoms with Crippen LogP contribution in [0.4, 0.5) is 0 Å². The van der Waals surface area contributed by atoms with Crippen molar-refractivity contribution in [2.45, 2.75) is 33.3 Å². The first kappa shape index (κ1) is 12.3. The van der Waals surface area contributed by atoms with Crippen molar-refractivity contribution in [1.29, 1.82) is 0 Å². The van der Waals surface area contributed by atoms with Crippen molar-refractivity contribution in [3.8, 4) is 0 Å². The summed E-state index contributed by atoms with van der Waals surface area (Å²) in [6.45, 7) is 5.75. The van der Waals surface area contributed by atoms with Gasteiger partial charge in [-0.2, -0.15) is 0 Å². The average Bonchev–Trinajstić information content (AvgIpc) is 2.15. The smallest absolute Gasteiger partial charge is 0.169 e. The van der Waals surface area contributed by atoms with Crippen LogP contribution in [0.2, 0.25) is 0 Å². The molecule has 0 aliphatic heterocycles. The molecule has 0 amide bonds. The Bertz CT molecular complexity index is 402. The Morgan fingerprint density at radius 3 is 2.41 bits per heavy atom. The van der Waals surface area contributed by atoms with E-state index in [-0.39, 0.29) is 35.1 Å². The van der Waals surface area contributed by atoms with Gasteiger partial charge in [0.1, 0.15) is 5.76 Å². The third-order valence-electron chi connectivity index (χ3n) is 3.85. The fourth-order valence-corrected chi connectivity index (χ4v) is 3.12. The van der Waals surface area contributed by atoms with Crippen molar-refractivity contribution in [2.75, 3.05) is 0 Å². The maximum Gasteiger partial charge on any atom is 0.169 e. The number of carbonyl (C=O) groups excluding carboxylic acids is 2. The van der Waals surface area contributed by atoms with Crippen molar-refractivity contribution in [2.24, 2.45) is 23.2 Å². The van der Waals surface area contributed by atoms with Gasteiger partial charge in [-0.15, -0.1) is 0 Å². The Labute approximate surface area is 100 Å². The number of ketones is 2. The highest BCUT2D eigenvalue weighted by molar-refractivity contribution is 6.12. The summed E-state index contributed by atoms with van der Waals surface area (Å²) in [6, 6.07) is 0. The normalized spacial score (nSPS) is 38.0. The number of carbonyl (C=O) groups is 2. The quantitative estimate of drug-likeness (QED) is 0.623. The molecule has 2 aliphatic rings. The SMILES string of the molecule is CC(C)(C)C1C2C(=O)C=C(O)C(C[C@@H]1O)C2=O. The summed E-state index contributed by atoms with van der Waals surface area (Å²) in [5.74, 6) is -2.65. The predicted octanol–water partition coefficient (Wildman–Crippen LogP) is 1.24. The first-order valence-electron chi connectivity index (χ1n) is 5.89. The lowest BCUT2D eigenvalue weighted by Gasteiger charge is -2.45. The van der Waals surface area contributed by atoms with Crippen LogP contribution in [0.15, 0.2) is 11.8 Å². The van der Waals surface area contributed by atoms with Gasteiger partial charge in [0.2, 0.25) is 0 Å². The number of allylic oxidation sites excluding steroid dienone is 2. The van der Waals surface area contributed by atoms with Crippen molar-refractivity contribution in [1.82, 2.24) is 0 Å². The summed E-state index contributed by atoms with van der Waals surface area (Å²) >= 11 is 0. The lowest BCUT2D eigenvalue weighted by molar-refractivity contribution is -0.150. The van der Waals surface area contributed by atoms with Gasteiger partial charge in [0.05, 0.1) is 17.9 Å². The second-order valence-corrected chi connectivity index (χ2v) is 6.10. The standard InChI is InChI=1S/C13H18O4/c1-13(2,3)11-9(16)4-6-7(14)5-8(15)10(11)12(6)17/h5-6,9-11,14,16H,4H2,1-3H3/t6?,9-,10?,11?/m0/s1. The minimum Gasteiger partial charge on any atom is -0.511 e. The molecule has 17 heavy (non-hydrogen) atoms. The fraction of sp³-hybridized carbons (Fsp3) is 0.692. The molecule has 0 aromatic heterocycles. The Hall–Kier alpha value is -1.16. The summed E-state index contributed by atoms with van der Waals surface area (Å²) in [6.07, 6.45) is 0.649. The van der Waals surface area contributed by atoms with Crippen LogP contribution in [0.5, 0.6) is 0 Å². The summed E-state index contributed by atoms with van der Waals surface area (Å²) in [4.78, 5) is 24.0. The third-order valence-corrected chi connectivity index (χ3v) is 3.85. The molecule has 0 saturated heterocycles. The van der Waals surface area contributed by atoms with Gasteiger partial charge in [0.25, 0.3) is 0 Å². The van der Waals surface area contributed by atoms with Crippen LogP contribution in [-0.4, -0.2) is 27.9 Å². The average molecular weight is 238 g/mol. The minimum atomic E-state index is -0.792. The first-order chi connectivity index (χ1) is 7.73. The summed E-state index contributed by atoms with van der Waals surface area (Å²) in [5, 5.41) is 19.7. The lowest BCUT2D eigenvalue weighted by Crippen LogP contribution is -2.53. The maximum atomic E-state index is 12.1. The molecule has 4 nitrogen and oxygen atoms in total. The van der Waals surface area contributed by atoms with E-state index in [0.717, 1.165) is 6.08 Å². The van der Waals surface area contributed by atoms with Gasteiger partial charge in [-0.3, -0.25) is 9.59 Å². The van der Waals surface area contributed by atoms with E-state index < -0.39 is 17.9 Å².